The largest absolute Gasteiger partial charge is 0.338 e. The smallest absolute Gasteiger partial charge is 0.269 e. The molecule has 2 saturated carbocycles. The number of Topliss-reactive ketones (excluding diaryl/α,β-unsaturated/α-hetero) is 1. The van der Waals surface area contributed by atoms with Crippen LogP contribution in [0.1, 0.15) is 56.6 Å². The molecule has 0 bridgehead atoms. The fraction of sp³-hybridized carbons (Fsp3) is 0.640. The van der Waals surface area contributed by atoms with Gasteiger partial charge in [0, 0.05) is 62.5 Å². The Kier molecular flexibility index (Phi) is 6.38. The number of carbonyl (C=O) groups excluding carboxylic acids is 3. The number of nitro groups is 1. The lowest BCUT2D eigenvalue weighted by Crippen LogP contribution is -2.56. The maximum Gasteiger partial charge on any atom is 0.269 e. The number of rotatable bonds is 4. The quantitative estimate of drug-likeness (QED) is 0.537. The monoisotopic (exact) mass is 468 g/mol. The Hall–Kier alpha value is -2.81. The molecule has 4 unspecified atom stereocenters. The summed E-state index contributed by atoms with van der Waals surface area (Å²) in [6.45, 7) is 2.56. The zero-order valence-corrected chi connectivity index (χ0v) is 19.4. The van der Waals surface area contributed by atoms with E-state index in [2.05, 4.69) is 5.32 Å². The molecule has 9 nitrogen and oxygen atoms in total. The molecule has 2 saturated heterocycles. The third-order valence-electron chi connectivity index (χ3n) is 8.22. The summed E-state index contributed by atoms with van der Waals surface area (Å²) in [7, 11) is 0. The summed E-state index contributed by atoms with van der Waals surface area (Å²) in [5.74, 6) is -0.992. The molecular weight excluding hydrogens is 436 g/mol. The van der Waals surface area contributed by atoms with Crippen molar-refractivity contribution in [1.29, 1.82) is 0 Å². The van der Waals surface area contributed by atoms with Crippen LogP contribution in [0.4, 0.5) is 5.69 Å². The van der Waals surface area contributed by atoms with Crippen LogP contribution in [-0.2, 0) is 14.4 Å². The highest BCUT2D eigenvalue weighted by Crippen LogP contribution is 2.53. The molecule has 2 aliphatic carbocycles. The maximum atomic E-state index is 14.0. The van der Waals surface area contributed by atoms with Gasteiger partial charge >= 0.3 is 0 Å². The highest BCUT2D eigenvalue weighted by Gasteiger charge is 2.60. The molecule has 0 aromatic heterocycles. The van der Waals surface area contributed by atoms with E-state index in [0.717, 1.165) is 32.1 Å². The van der Waals surface area contributed by atoms with Crippen LogP contribution in [0.25, 0.3) is 0 Å². The van der Waals surface area contributed by atoms with Gasteiger partial charge in [0.15, 0.2) is 0 Å². The predicted molar refractivity (Wildman–Crippen MR) is 124 cm³/mol. The third kappa shape index (κ3) is 4.00. The number of fused-ring (bicyclic) bond motifs is 1. The number of non-ortho nitro benzene ring substituents is 1. The summed E-state index contributed by atoms with van der Waals surface area (Å²) >= 11 is 0. The van der Waals surface area contributed by atoms with Gasteiger partial charge in [-0.15, -0.1) is 0 Å². The first-order chi connectivity index (χ1) is 16.5. The first-order valence-electron chi connectivity index (χ1n) is 12.6. The van der Waals surface area contributed by atoms with Gasteiger partial charge in [0.25, 0.3) is 5.69 Å². The lowest BCUT2D eigenvalue weighted by atomic mass is 9.86. The Morgan fingerprint density at radius 1 is 1.03 bits per heavy atom. The van der Waals surface area contributed by atoms with Crippen molar-refractivity contribution in [2.24, 2.45) is 17.8 Å². The second-order valence-corrected chi connectivity index (χ2v) is 10.1. The molecule has 0 radical (unpaired) electrons. The highest BCUT2D eigenvalue weighted by molar-refractivity contribution is 5.94. The number of carbonyl (C=O) groups is 3. The minimum atomic E-state index is -0.687. The molecule has 1 aromatic rings. The molecule has 5 rings (SSSR count). The molecule has 2 amide bonds. The topological polar surface area (TPSA) is 113 Å². The summed E-state index contributed by atoms with van der Waals surface area (Å²) in [5, 5.41) is 14.8. The molecule has 2 heterocycles. The molecule has 1 N–H and O–H groups in total. The van der Waals surface area contributed by atoms with Crippen molar-refractivity contribution in [3.63, 3.8) is 0 Å². The van der Waals surface area contributed by atoms with E-state index in [0.29, 0.717) is 44.6 Å². The third-order valence-corrected chi connectivity index (χ3v) is 8.22. The van der Waals surface area contributed by atoms with Gasteiger partial charge in [-0.2, -0.15) is 0 Å². The van der Waals surface area contributed by atoms with Gasteiger partial charge in [0.2, 0.25) is 11.8 Å². The Bertz CT molecular complexity index is 985. The Balaban J connectivity index is 1.58. The molecule has 182 valence electrons. The number of nitrogens with one attached hydrogen (secondary N) is 1. The van der Waals surface area contributed by atoms with E-state index in [9.17, 15) is 24.5 Å². The van der Waals surface area contributed by atoms with Crippen molar-refractivity contribution in [1.82, 2.24) is 15.1 Å². The molecular formula is C25H32N4O5. The average Bonchev–Trinajstić information content (AvgIpc) is 3.41. The van der Waals surface area contributed by atoms with Crippen molar-refractivity contribution in [3.05, 3.63) is 39.9 Å². The van der Waals surface area contributed by atoms with E-state index in [1.807, 2.05) is 4.90 Å². The van der Waals surface area contributed by atoms with Gasteiger partial charge < -0.3 is 15.1 Å². The fourth-order valence-electron chi connectivity index (χ4n) is 6.61. The molecule has 0 spiro atoms. The van der Waals surface area contributed by atoms with E-state index in [1.165, 1.54) is 12.1 Å². The molecule has 4 atom stereocenters. The van der Waals surface area contributed by atoms with E-state index < -0.39 is 22.9 Å². The minimum Gasteiger partial charge on any atom is -0.338 e. The van der Waals surface area contributed by atoms with Crippen LogP contribution in [0.3, 0.4) is 0 Å². The summed E-state index contributed by atoms with van der Waals surface area (Å²) in [5.41, 5.74) is 0.515. The summed E-state index contributed by atoms with van der Waals surface area (Å²) in [6.07, 6.45) is 5.60. The SMILES string of the molecule is O=C1CCC2C1C(c1cccc([N+](=O)[O-])c1)N(C(=O)C1CCCCC1)C2C(=O)N1CCNCC1. The van der Waals surface area contributed by atoms with Gasteiger partial charge in [-0.25, -0.2) is 0 Å². The molecule has 1 aromatic carbocycles. The Labute approximate surface area is 199 Å². The van der Waals surface area contributed by atoms with Crippen molar-refractivity contribution < 1.29 is 19.3 Å². The van der Waals surface area contributed by atoms with Crippen LogP contribution >= 0.6 is 0 Å². The van der Waals surface area contributed by atoms with Crippen LogP contribution in [0.2, 0.25) is 0 Å². The molecule has 4 fully saturated rings. The number of likely N-dealkylation sites (tertiary alicyclic amines) is 1. The van der Waals surface area contributed by atoms with E-state index in [1.54, 1.807) is 17.0 Å². The number of hydrogen-bond acceptors (Lipinski definition) is 6. The molecule has 2 aliphatic heterocycles. The number of nitro benzene ring substituents is 1. The normalized spacial score (nSPS) is 29.8. The van der Waals surface area contributed by atoms with Crippen molar-refractivity contribution >= 4 is 23.3 Å². The summed E-state index contributed by atoms with van der Waals surface area (Å²) < 4.78 is 0. The molecule has 4 aliphatic rings. The lowest BCUT2D eigenvalue weighted by molar-refractivity contribution is -0.385. The minimum absolute atomic E-state index is 0.0542. The van der Waals surface area contributed by atoms with Gasteiger partial charge in [-0.3, -0.25) is 24.5 Å². The van der Waals surface area contributed by atoms with Crippen LogP contribution in [0.15, 0.2) is 24.3 Å². The van der Waals surface area contributed by atoms with Crippen molar-refractivity contribution in [2.45, 2.75) is 57.0 Å². The molecule has 34 heavy (non-hydrogen) atoms. The van der Waals surface area contributed by atoms with Crippen LogP contribution < -0.4 is 5.32 Å². The zero-order chi connectivity index (χ0) is 23.8. The number of benzene rings is 1. The predicted octanol–water partition coefficient (Wildman–Crippen LogP) is 2.45. The Morgan fingerprint density at radius 2 is 1.76 bits per heavy atom. The van der Waals surface area contributed by atoms with Crippen LogP contribution in [0.5, 0.6) is 0 Å². The van der Waals surface area contributed by atoms with E-state index in [4.69, 9.17) is 0 Å². The lowest BCUT2D eigenvalue weighted by Gasteiger charge is -2.38. The van der Waals surface area contributed by atoms with Crippen LogP contribution in [-0.4, -0.2) is 64.5 Å². The van der Waals surface area contributed by atoms with Crippen LogP contribution in [0, 0.1) is 27.9 Å². The number of amides is 2. The van der Waals surface area contributed by atoms with Gasteiger partial charge in [-0.1, -0.05) is 31.4 Å². The summed E-state index contributed by atoms with van der Waals surface area (Å²) in [4.78, 5) is 55.6. The highest BCUT2D eigenvalue weighted by atomic mass is 16.6. The van der Waals surface area contributed by atoms with E-state index >= 15 is 0 Å². The van der Waals surface area contributed by atoms with E-state index in [-0.39, 0.29) is 35.1 Å². The fourth-order valence-corrected chi connectivity index (χ4v) is 6.61. The first-order valence-corrected chi connectivity index (χ1v) is 12.6. The number of nitrogens with zero attached hydrogens (tertiary/aromatic N) is 3. The number of ketones is 1. The maximum absolute atomic E-state index is 14.0. The van der Waals surface area contributed by atoms with Gasteiger partial charge in [-0.05, 0) is 24.8 Å². The molecule has 9 heteroatoms. The number of hydrogen-bond donors (Lipinski definition) is 1. The summed E-state index contributed by atoms with van der Waals surface area (Å²) in [6, 6.07) is 4.95. The van der Waals surface area contributed by atoms with Gasteiger partial charge in [0.05, 0.1) is 11.0 Å². The standard InChI is InChI=1S/C25H32N4O5/c30-20-10-9-19-21(20)22(17-7-4-8-18(15-17)29(33)34)28(24(31)16-5-2-1-3-6-16)23(19)25(32)27-13-11-26-12-14-27/h4,7-8,15-16,19,21-23,26H,1-3,5-6,9-14H2. The average molecular weight is 469 g/mol. The first kappa shape index (κ1) is 23.0. The van der Waals surface area contributed by atoms with Crippen molar-refractivity contribution in [3.8, 4) is 0 Å². The number of piperazine rings is 1. The second kappa shape index (κ2) is 9.44. The van der Waals surface area contributed by atoms with Gasteiger partial charge in [0.1, 0.15) is 11.8 Å². The second-order valence-electron chi connectivity index (χ2n) is 10.1. The zero-order valence-electron chi connectivity index (χ0n) is 19.4. The Morgan fingerprint density at radius 3 is 2.47 bits per heavy atom. The van der Waals surface area contributed by atoms with Crippen molar-refractivity contribution in [2.75, 3.05) is 26.2 Å².